The van der Waals surface area contributed by atoms with Crippen molar-refractivity contribution in [1.29, 1.82) is 0 Å². The van der Waals surface area contributed by atoms with E-state index in [0.29, 0.717) is 24.9 Å². The molecule has 5 aromatic carbocycles. The molecule has 7 amide bonds. The van der Waals surface area contributed by atoms with Gasteiger partial charge in [0, 0.05) is 56.4 Å². The van der Waals surface area contributed by atoms with E-state index in [0.717, 1.165) is 55.6 Å². The lowest BCUT2D eigenvalue weighted by molar-refractivity contribution is -0.672. The number of imidazole rings is 1. The zero-order valence-corrected chi connectivity index (χ0v) is 48.7. The summed E-state index contributed by atoms with van der Waals surface area (Å²) in [6, 6.07) is 27.4. The molecule has 6 aromatic rings. The number of amides is 7. The number of primary amides is 1. The molecule has 23 nitrogen and oxygen atoms in total. The van der Waals surface area contributed by atoms with Gasteiger partial charge >= 0.3 is 5.97 Å². The van der Waals surface area contributed by atoms with Gasteiger partial charge in [-0.3, -0.25) is 43.3 Å². The molecule has 2 aliphatic heterocycles. The third-order valence-corrected chi connectivity index (χ3v) is 15.2. The average Bonchev–Trinajstić information content (AvgIpc) is 1.83. The van der Waals surface area contributed by atoms with Crippen LogP contribution in [-0.4, -0.2) is 120 Å². The monoisotopic (exact) mass is 1180 g/mol. The number of carbonyl (C=O) groups is 8. The van der Waals surface area contributed by atoms with Gasteiger partial charge in [-0.15, -0.1) is 0 Å². The summed E-state index contributed by atoms with van der Waals surface area (Å²) in [5, 5.41) is 29.8. The molecule has 0 spiro atoms. The molecule has 13 N–H and O–H groups in total. The number of nitrogens with two attached hydrogens (primary N) is 3. The third-order valence-electron chi connectivity index (χ3n) is 15.2. The topological polar surface area (TPSA) is 335 Å². The number of benzene rings is 5. The van der Waals surface area contributed by atoms with Crippen LogP contribution < -0.4 is 63.5 Å². The maximum Gasteiger partial charge on any atom is 0.305 e. The van der Waals surface area contributed by atoms with Crippen molar-refractivity contribution in [1.82, 2.24) is 36.5 Å². The molecule has 1 aromatic heterocycles. The second-order valence-electron chi connectivity index (χ2n) is 21.3. The molecule has 0 bridgehead atoms. The maximum atomic E-state index is 14.1. The van der Waals surface area contributed by atoms with E-state index in [1.807, 2.05) is 110 Å². The Balaban J connectivity index is 1.09. The van der Waals surface area contributed by atoms with Crippen LogP contribution in [0.25, 0.3) is 38.7 Å². The van der Waals surface area contributed by atoms with E-state index in [9.17, 15) is 43.5 Å². The number of carbonyl (C=O) groups excluding carboxylic acids is 7. The van der Waals surface area contributed by atoms with Crippen LogP contribution >= 0.6 is 0 Å². The Hall–Kier alpha value is -10.3. The van der Waals surface area contributed by atoms with Crippen molar-refractivity contribution in [2.75, 3.05) is 43.0 Å². The number of aliphatic carboxylic acids is 1. The standard InChI is InChI=1S/C64H74N14O9/c1-75-50-30-28-42-20-11-13-22-44(42)58(50)77-36-32-52(79)68-34-16-15-24-46(60(65)84)73-62(86)48(38-41-18-7-6-8-19-41)74-63(87)49(39-57(82)83)72-54(81)40-70-61(85)47(25-17-35-69-64(66)67)71-53(80)33-37-78-56(27-10-5-3-4-9-26-55(75)77)76(2)51-31-29-43-21-12-14-23-45(43)59(51)78/h3-14,18-23,26-31,46-49H,15-17,24-25,32-40H2,1-2H3,(H12-,65,66,67,68,69,70,71,72,73,74,79,80,81,82,83,84,85,86,87)/p+1/t46-,47-,48+,49-/m0/s1. The number of aryl methyl sites for hydroxylation is 2. The summed E-state index contributed by atoms with van der Waals surface area (Å²) in [7, 11) is 3.94. The van der Waals surface area contributed by atoms with E-state index < -0.39 is 78.5 Å². The highest BCUT2D eigenvalue weighted by molar-refractivity contribution is 6.05. The molecular formula is C64H75N14O9+. The largest absolute Gasteiger partial charge is 0.481 e. The Morgan fingerprint density at radius 2 is 1.36 bits per heavy atom. The van der Waals surface area contributed by atoms with Crippen LogP contribution in [0.4, 0.5) is 11.4 Å². The van der Waals surface area contributed by atoms with Gasteiger partial charge in [0.15, 0.2) is 17.0 Å². The zero-order valence-electron chi connectivity index (χ0n) is 48.7. The number of guanidine groups is 1. The molecule has 3 heterocycles. The minimum atomic E-state index is -1.74. The smallest absolute Gasteiger partial charge is 0.305 e. The Bertz CT molecular complexity index is 3700. The van der Waals surface area contributed by atoms with E-state index >= 15 is 0 Å². The van der Waals surface area contributed by atoms with Crippen LogP contribution in [-0.2, 0) is 58.4 Å². The normalized spacial score (nSPS) is 21.1. The summed E-state index contributed by atoms with van der Waals surface area (Å²) < 4.78 is 4.24. The first-order chi connectivity index (χ1) is 42.0. The second kappa shape index (κ2) is 30.0. The van der Waals surface area contributed by atoms with Crippen LogP contribution in [0.5, 0.6) is 0 Å². The highest BCUT2D eigenvalue weighted by Gasteiger charge is 2.34. The fourth-order valence-electron chi connectivity index (χ4n) is 10.8. The Morgan fingerprint density at radius 1 is 0.678 bits per heavy atom. The number of allylic oxidation sites excluding steroid dienone is 6. The number of carboxylic acids is 1. The third kappa shape index (κ3) is 16.5. The van der Waals surface area contributed by atoms with E-state index in [4.69, 9.17) is 17.2 Å². The van der Waals surface area contributed by atoms with E-state index in [2.05, 4.69) is 75.2 Å². The van der Waals surface area contributed by atoms with E-state index in [-0.39, 0.29) is 70.0 Å². The fourth-order valence-corrected chi connectivity index (χ4v) is 10.8. The van der Waals surface area contributed by atoms with Gasteiger partial charge in [0.05, 0.1) is 44.4 Å². The number of hydrogen-bond acceptors (Lipinski definition) is 11. The van der Waals surface area contributed by atoms with E-state index in [1.165, 1.54) is 0 Å². The summed E-state index contributed by atoms with van der Waals surface area (Å²) in [5.74, 6) is -5.06. The Kier molecular flexibility index (Phi) is 21.6. The predicted molar refractivity (Wildman–Crippen MR) is 334 cm³/mol. The van der Waals surface area contributed by atoms with Gasteiger partial charge in [0.25, 0.3) is 5.82 Å². The van der Waals surface area contributed by atoms with Crippen molar-refractivity contribution < 1.29 is 48.0 Å². The summed E-state index contributed by atoms with van der Waals surface area (Å²) in [5.41, 5.74) is 21.3. The first-order valence-electron chi connectivity index (χ1n) is 29.0. The van der Waals surface area contributed by atoms with E-state index in [1.54, 1.807) is 30.3 Å². The van der Waals surface area contributed by atoms with Crippen LogP contribution in [0, 0.1) is 0 Å². The Morgan fingerprint density at radius 3 is 2.10 bits per heavy atom. The highest BCUT2D eigenvalue weighted by Crippen LogP contribution is 2.45. The lowest BCUT2D eigenvalue weighted by Gasteiger charge is -2.25. The fraction of sp³-hybridized carbons (Fsp3) is 0.312. The number of aromatic nitrogens is 2. The highest BCUT2D eigenvalue weighted by atomic mass is 16.4. The predicted octanol–water partition coefficient (Wildman–Crippen LogP) is 3.09. The van der Waals surface area contributed by atoms with Crippen molar-refractivity contribution >= 4 is 103 Å². The van der Waals surface area contributed by atoms with Crippen molar-refractivity contribution in [3.63, 3.8) is 0 Å². The average molecular weight is 1180 g/mol. The number of anilines is 2. The lowest BCUT2D eigenvalue weighted by Crippen LogP contribution is -2.58. The van der Waals surface area contributed by atoms with Crippen molar-refractivity contribution in [2.24, 2.45) is 29.2 Å². The second-order valence-corrected chi connectivity index (χ2v) is 21.3. The first kappa shape index (κ1) is 62.7. The molecule has 2 aliphatic rings. The molecule has 0 aliphatic carbocycles. The van der Waals surface area contributed by atoms with Crippen molar-refractivity contribution in [3.05, 3.63) is 157 Å². The SMILES string of the molecule is CN1\C2=C/C=C/C=C/C=C\c3n(C)c4ccc5ccccc5c4[n+]3CCC(=O)NCCCC[C@@H](C(N)=O)NC(=O)[C@@H](Cc3ccccc3)NC(=O)[C@H](CC(=O)O)NC(=O)CNC(=O)[C@H](CCCN=C(N)N)NC(=O)CCN2c2c1ccc1ccccc21. The van der Waals surface area contributed by atoms with Crippen LogP contribution in [0.15, 0.2) is 150 Å². The van der Waals surface area contributed by atoms with Gasteiger partial charge < -0.3 is 64.0 Å². The Labute approximate surface area is 503 Å². The molecule has 0 fully saturated rings. The molecule has 0 unspecified atom stereocenters. The number of hydrogen-bond donors (Lipinski definition) is 10. The van der Waals surface area contributed by atoms with Gasteiger partial charge in [-0.2, -0.15) is 0 Å². The van der Waals surface area contributed by atoms with Gasteiger partial charge in [0.2, 0.25) is 41.4 Å². The molecule has 0 saturated carbocycles. The van der Waals surface area contributed by atoms with Crippen LogP contribution in [0.2, 0.25) is 0 Å². The summed E-state index contributed by atoms with van der Waals surface area (Å²) in [4.78, 5) is 116. The molecular weight excluding hydrogens is 1110 g/mol. The zero-order chi connectivity index (χ0) is 62.0. The maximum absolute atomic E-state index is 14.1. The minimum absolute atomic E-state index is 0.0530. The number of aliphatic imine (C=N–C) groups is 1. The van der Waals surface area contributed by atoms with Crippen LogP contribution in [0.1, 0.15) is 62.8 Å². The van der Waals surface area contributed by atoms with Crippen LogP contribution in [0.3, 0.4) is 0 Å². The molecule has 454 valence electrons. The molecule has 23 heteroatoms. The first-order valence-corrected chi connectivity index (χ1v) is 29.0. The molecule has 87 heavy (non-hydrogen) atoms. The molecule has 4 atom stereocenters. The quantitative estimate of drug-likeness (QED) is 0.0431. The summed E-state index contributed by atoms with van der Waals surface area (Å²) >= 11 is 0. The van der Waals surface area contributed by atoms with Crippen molar-refractivity contribution in [2.45, 2.75) is 88.5 Å². The number of nitrogens with one attached hydrogen (secondary N) is 6. The molecule has 8 rings (SSSR count). The van der Waals surface area contributed by atoms with Gasteiger partial charge in [-0.1, -0.05) is 109 Å². The van der Waals surface area contributed by atoms with Gasteiger partial charge in [0.1, 0.15) is 30.0 Å². The summed E-state index contributed by atoms with van der Waals surface area (Å²) in [6.45, 7) is 0.203. The number of rotatable bonds is 9. The summed E-state index contributed by atoms with van der Waals surface area (Å²) in [6.07, 6.45) is 13.8. The number of nitrogens with zero attached hydrogens (tertiary/aromatic N) is 5. The van der Waals surface area contributed by atoms with Gasteiger partial charge in [-0.25, -0.2) is 9.13 Å². The molecule has 0 radical (unpaired) electrons. The van der Waals surface area contributed by atoms with Crippen molar-refractivity contribution in [3.8, 4) is 0 Å². The lowest BCUT2D eigenvalue weighted by atomic mass is 10.0. The number of carboxylic acid groups (broad SMARTS) is 1. The number of fused-ring (bicyclic) bond motifs is 10. The minimum Gasteiger partial charge on any atom is -0.481 e. The van der Waals surface area contributed by atoms with Gasteiger partial charge in [-0.05, 0) is 78.8 Å². The molecule has 0 saturated heterocycles.